The molecule has 0 radical (unpaired) electrons. The second-order valence-corrected chi connectivity index (χ2v) is 4.84. The molecule has 0 bridgehead atoms. The largest absolute Gasteiger partial charge is 0.364 e. The number of rotatable bonds is 4. The van der Waals surface area contributed by atoms with Crippen LogP contribution in [0.1, 0.15) is 17.0 Å². The van der Waals surface area contributed by atoms with Gasteiger partial charge in [0.15, 0.2) is 5.82 Å². The van der Waals surface area contributed by atoms with Crippen LogP contribution in [-0.2, 0) is 6.54 Å². The maximum Gasteiger partial charge on any atom is 0.175 e. The number of aryl methyl sites for hydroxylation is 2. The predicted octanol–water partition coefficient (Wildman–Crippen LogP) is 2.29. The fraction of sp³-hybridized carbons (Fsp3) is 0.200. The maximum atomic E-state index is 4.30. The highest BCUT2D eigenvalue weighted by Crippen LogP contribution is 2.08. The van der Waals surface area contributed by atoms with Crippen molar-refractivity contribution in [2.24, 2.45) is 0 Å². The standard InChI is InChI=1S/C15H16N6/c1-11-3-4-13(9-16-11)10-17-14-5-6-15(19-18-14)21-8-7-12(2)20-21/h3-9H,10H2,1-2H3,(H,17,18). The molecule has 21 heavy (non-hydrogen) atoms. The number of aromatic nitrogens is 5. The highest BCUT2D eigenvalue weighted by molar-refractivity contribution is 5.37. The van der Waals surface area contributed by atoms with Crippen molar-refractivity contribution in [1.29, 1.82) is 0 Å². The van der Waals surface area contributed by atoms with Gasteiger partial charge >= 0.3 is 0 Å². The van der Waals surface area contributed by atoms with Gasteiger partial charge in [-0.05, 0) is 43.7 Å². The molecular formula is C15H16N6. The van der Waals surface area contributed by atoms with Gasteiger partial charge < -0.3 is 5.32 Å². The number of nitrogens with one attached hydrogen (secondary N) is 1. The van der Waals surface area contributed by atoms with E-state index in [0.717, 1.165) is 22.8 Å². The fourth-order valence-electron chi connectivity index (χ4n) is 1.88. The van der Waals surface area contributed by atoms with Crippen molar-refractivity contribution < 1.29 is 0 Å². The first-order valence-electron chi connectivity index (χ1n) is 6.72. The summed E-state index contributed by atoms with van der Waals surface area (Å²) < 4.78 is 1.70. The molecule has 0 aliphatic rings. The summed E-state index contributed by atoms with van der Waals surface area (Å²) in [6.45, 7) is 4.58. The lowest BCUT2D eigenvalue weighted by Crippen LogP contribution is -2.05. The van der Waals surface area contributed by atoms with E-state index in [-0.39, 0.29) is 0 Å². The van der Waals surface area contributed by atoms with E-state index in [9.17, 15) is 0 Å². The smallest absolute Gasteiger partial charge is 0.175 e. The van der Waals surface area contributed by atoms with Crippen LogP contribution in [0.2, 0.25) is 0 Å². The Morgan fingerprint density at radius 2 is 1.90 bits per heavy atom. The van der Waals surface area contributed by atoms with Crippen LogP contribution in [0.25, 0.3) is 5.82 Å². The van der Waals surface area contributed by atoms with Crippen molar-refractivity contribution in [3.8, 4) is 5.82 Å². The van der Waals surface area contributed by atoms with Crippen LogP contribution in [0.5, 0.6) is 0 Å². The molecule has 106 valence electrons. The Morgan fingerprint density at radius 1 is 1.00 bits per heavy atom. The summed E-state index contributed by atoms with van der Waals surface area (Å²) in [5.74, 6) is 1.42. The lowest BCUT2D eigenvalue weighted by Gasteiger charge is -2.06. The summed E-state index contributed by atoms with van der Waals surface area (Å²) in [7, 11) is 0. The SMILES string of the molecule is Cc1ccc(CNc2ccc(-n3ccc(C)n3)nn2)cn1. The van der Waals surface area contributed by atoms with Gasteiger partial charge in [-0.25, -0.2) is 4.68 Å². The van der Waals surface area contributed by atoms with E-state index in [4.69, 9.17) is 0 Å². The highest BCUT2D eigenvalue weighted by atomic mass is 15.3. The number of hydrogen-bond donors (Lipinski definition) is 1. The monoisotopic (exact) mass is 280 g/mol. The molecular weight excluding hydrogens is 264 g/mol. The van der Waals surface area contributed by atoms with Crippen molar-refractivity contribution in [2.75, 3.05) is 5.32 Å². The molecule has 1 N–H and O–H groups in total. The highest BCUT2D eigenvalue weighted by Gasteiger charge is 2.01. The van der Waals surface area contributed by atoms with Gasteiger partial charge in [-0.3, -0.25) is 4.98 Å². The molecule has 0 unspecified atom stereocenters. The van der Waals surface area contributed by atoms with E-state index in [1.807, 2.05) is 56.6 Å². The third kappa shape index (κ3) is 3.22. The average molecular weight is 280 g/mol. The Kier molecular flexibility index (Phi) is 3.59. The van der Waals surface area contributed by atoms with Gasteiger partial charge in [0, 0.05) is 24.6 Å². The summed E-state index contributed by atoms with van der Waals surface area (Å²) in [5, 5.41) is 15.8. The van der Waals surface area contributed by atoms with Gasteiger partial charge in [0.25, 0.3) is 0 Å². The summed E-state index contributed by atoms with van der Waals surface area (Å²) in [6, 6.07) is 9.74. The Morgan fingerprint density at radius 3 is 2.52 bits per heavy atom. The van der Waals surface area contributed by atoms with Crippen molar-refractivity contribution >= 4 is 5.82 Å². The van der Waals surface area contributed by atoms with Crippen LogP contribution in [0.3, 0.4) is 0 Å². The van der Waals surface area contributed by atoms with Gasteiger partial charge in [-0.2, -0.15) is 5.10 Å². The molecule has 0 saturated heterocycles. The molecule has 3 heterocycles. The van der Waals surface area contributed by atoms with Gasteiger partial charge in [0.1, 0.15) is 5.82 Å². The lowest BCUT2D eigenvalue weighted by molar-refractivity contribution is 0.803. The summed E-state index contributed by atoms with van der Waals surface area (Å²) in [4.78, 5) is 4.26. The van der Waals surface area contributed by atoms with Crippen molar-refractivity contribution in [2.45, 2.75) is 20.4 Å². The molecule has 3 aromatic heterocycles. The Bertz CT molecular complexity index is 715. The summed E-state index contributed by atoms with van der Waals surface area (Å²) >= 11 is 0. The van der Waals surface area contributed by atoms with Gasteiger partial charge in [-0.15, -0.1) is 10.2 Å². The molecule has 0 atom stereocenters. The van der Waals surface area contributed by atoms with Crippen LogP contribution >= 0.6 is 0 Å². The van der Waals surface area contributed by atoms with Crippen LogP contribution in [0.4, 0.5) is 5.82 Å². The average Bonchev–Trinajstić information content (AvgIpc) is 2.94. The normalized spacial score (nSPS) is 10.6. The zero-order chi connectivity index (χ0) is 14.7. The van der Waals surface area contributed by atoms with Gasteiger partial charge in [0.05, 0.1) is 5.69 Å². The lowest BCUT2D eigenvalue weighted by atomic mass is 10.2. The van der Waals surface area contributed by atoms with Crippen molar-refractivity contribution in [1.82, 2.24) is 25.0 Å². The van der Waals surface area contributed by atoms with E-state index in [0.29, 0.717) is 12.4 Å². The first-order chi connectivity index (χ1) is 10.2. The second kappa shape index (κ2) is 5.70. The molecule has 6 heteroatoms. The fourth-order valence-corrected chi connectivity index (χ4v) is 1.88. The third-order valence-electron chi connectivity index (χ3n) is 3.05. The van der Waals surface area contributed by atoms with Crippen LogP contribution in [0, 0.1) is 13.8 Å². The Labute approximate surface area is 122 Å². The number of anilines is 1. The molecule has 6 nitrogen and oxygen atoms in total. The molecule has 0 aliphatic heterocycles. The number of hydrogen-bond acceptors (Lipinski definition) is 5. The second-order valence-electron chi connectivity index (χ2n) is 4.84. The van der Waals surface area contributed by atoms with E-state index in [1.54, 1.807) is 4.68 Å². The quantitative estimate of drug-likeness (QED) is 0.794. The number of pyridine rings is 1. The summed E-state index contributed by atoms with van der Waals surface area (Å²) in [6.07, 6.45) is 3.72. The number of nitrogens with zero attached hydrogens (tertiary/aromatic N) is 5. The van der Waals surface area contributed by atoms with Crippen LogP contribution < -0.4 is 5.32 Å². The summed E-state index contributed by atoms with van der Waals surface area (Å²) in [5.41, 5.74) is 3.07. The minimum absolute atomic E-state index is 0.669. The van der Waals surface area contributed by atoms with E-state index < -0.39 is 0 Å². The molecule has 0 saturated carbocycles. The van der Waals surface area contributed by atoms with E-state index >= 15 is 0 Å². The van der Waals surface area contributed by atoms with Gasteiger partial charge in [-0.1, -0.05) is 6.07 Å². The molecule has 3 rings (SSSR count). The van der Waals surface area contributed by atoms with Gasteiger partial charge in [0.2, 0.25) is 0 Å². The van der Waals surface area contributed by atoms with Crippen molar-refractivity contribution in [3.63, 3.8) is 0 Å². The predicted molar refractivity (Wildman–Crippen MR) is 80.2 cm³/mol. The zero-order valence-electron chi connectivity index (χ0n) is 12.0. The molecule has 0 aliphatic carbocycles. The Hall–Kier alpha value is -2.76. The minimum atomic E-state index is 0.669. The Balaban J connectivity index is 1.65. The van der Waals surface area contributed by atoms with Crippen molar-refractivity contribution in [3.05, 3.63) is 59.7 Å². The first-order valence-corrected chi connectivity index (χ1v) is 6.72. The molecule has 3 aromatic rings. The molecule has 0 fully saturated rings. The molecule has 0 amide bonds. The first kappa shape index (κ1) is 13.2. The minimum Gasteiger partial charge on any atom is -0.364 e. The third-order valence-corrected chi connectivity index (χ3v) is 3.05. The zero-order valence-corrected chi connectivity index (χ0v) is 12.0. The maximum absolute atomic E-state index is 4.30. The van der Waals surface area contributed by atoms with E-state index in [2.05, 4.69) is 25.6 Å². The topological polar surface area (TPSA) is 68.5 Å². The molecule has 0 spiro atoms. The van der Waals surface area contributed by atoms with Crippen LogP contribution in [0.15, 0.2) is 42.7 Å². The molecule has 0 aromatic carbocycles. The van der Waals surface area contributed by atoms with Crippen LogP contribution in [-0.4, -0.2) is 25.0 Å². The van der Waals surface area contributed by atoms with E-state index in [1.165, 1.54) is 0 Å².